The van der Waals surface area contributed by atoms with Crippen LogP contribution in [0.25, 0.3) is 0 Å². The largest absolute Gasteiger partial charge is 0.491 e. The van der Waals surface area contributed by atoms with Crippen molar-refractivity contribution in [3.05, 3.63) is 24.3 Å². The van der Waals surface area contributed by atoms with E-state index in [1.165, 1.54) is 0 Å². The Hall–Kier alpha value is -2.04. The lowest BCUT2D eigenvalue weighted by Gasteiger charge is -2.11. The highest BCUT2D eigenvalue weighted by Crippen LogP contribution is 2.16. The van der Waals surface area contributed by atoms with Gasteiger partial charge in [0.15, 0.2) is 0 Å². The van der Waals surface area contributed by atoms with Crippen molar-refractivity contribution in [3.8, 4) is 5.75 Å². The van der Waals surface area contributed by atoms with Gasteiger partial charge in [-0.15, -0.1) is 0 Å². The lowest BCUT2D eigenvalue weighted by atomic mass is 10.2. The van der Waals surface area contributed by atoms with E-state index in [4.69, 9.17) is 4.74 Å². The smallest absolute Gasteiger partial charge is 0.233 e. The van der Waals surface area contributed by atoms with Gasteiger partial charge in [0.1, 0.15) is 12.2 Å². The highest BCUT2D eigenvalue weighted by atomic mass is 16.5. The number of nitrogens with one attached hydrogen (secondary N) is 2. The van der Waals surface area contributed by atoms with Crippen LogP contribution in [0.4, 0.5) is 5.69 Å². The number of carbonyl (C=O) groups is 2. The summed E-state index contributed by atoms with van der Waals surface area (Å²) in [5, 5.41) is 5.40. The molecule has 2 amide bonds. The molecule has 0 fully saturated rings. The minimum absolute atomic E-state index is 0.107. The Balaban J connectivity index is 2.42. The lowest BCUT2D eigenvalue weighted by Crippen LogP contribution is -2.30. The highest BCUT2D eigenvalue weighted by molar-refractivity contribution is 6.03. The molecule has 0 bridgehead atoms. The first-order valence-corrected chi connectivity index (χ1v) is 7.20. The molecule has 0 spiro atoms. The Morgan fingerprint density at radius 1 is 1.05 bits per heavy atom. The van der Waals surface area contributed by atoms with Gasteiger partial charge in [-0.2, -0.15) is 0 Å². The lowest BCUT2D eigenvalue weighted by molar-refractivity contribution is -0.126. The van der Waals surface area contributed by atoms with Crippen molar-refractivity contribution in [2.75, 3.05) is 11.9 Å². The average molecular weight is 292 g/mol. The van der Waals surface area contributed by atoms with Gasteiger partial charge in [0.2, 0.25) is 11.8 Å². The number of hydrogen-bond donors (Lipinski definition) is 2. The molecule has 0 saturated heterocycles. The van der Waals surface area contributed by atoms with E-state index in [9.17, 15) is 9.59 Å². The third-order valence-corrected chi connectivity index (χ3v) is 2.54. The number of carbonyl (C=O) groups excluding carboxylic acids is 2. The molecule has 0 unspecified atom stereocenters. The second kappa shape index (κ2) is 8.29. The molecule has 1 aromatic carbocycles. The topological polar surface area (TPSA) is 67.4 Å². The Labute approximate surface area is 126 Å². The third kappa shape index (κ3) is 7.34. The van der Waals surface area contributed by atoms with Crippen molar-refractivity contribution in [2.45, 2.75) is 40.2 Å². The van der Waals surface area contributed by atoms with Crippen LogP contribution >= 0.6 is 0 Å². The van der Waals surface area contributed by atoms with Crippen molar-refractivity contribution in [1.82, 2.24) is 5.32 Å². The number of amides is 2. The van der Waals surface area contributed by atoms with Crippen LogP contribution in [0.5, 0.6) is 5.75 Å². The maximum absolute atomic E-state index is 11.7. The summed E-state index contributed by atoms with van der Waals surface area (Å²) < 4.78 is 5.52. The van der Waals surface area contributed by atoms with Crippen molar-refractivity contribution in [1.29, 1.82) is 0 Å². The van der Waals surface area contributed by atoms with E-state index < -0.39 is 0 Å². The fourth-order valence-corrected chi connectivity index (χ4v) is 1.62. The molecule has 116 valence electrons. The minimum atomic E-state index is -0.325. The van der Waals surface area contributed by atoms with Crippen LogP contribution in [-0.4, -0.2) is 24.5 Å². The minimum Gasteiger partial charge on any atom is -0.491 e. The first-order valence-electron chi connectivity index (χ1n) is 7.20. The van der Waals surface area contributed by atoms with Crippen LogP contribution in [0.1, 0.15) is 34.1 Å². The highest BCUT2D eigenvalue weighted by Gasteiger charge is 2.10. The van der Waals surface area contributed by atoms with Crippen LogP contribution in [0.15, 0.2) is 24.3 Å². The van der Waals surface area contributed by atoms with Gasteiger partial charge in [-0.25, -0.2) is 0 Å². The first-order chi connectivity index (χ1) is 9.86. The summed E-state index contributed by atoms with van der Waals surface area (Å²) in [5.74, 6) is 0.526. The zero-order valence-corrected chi connectivity index (χ0v) is 13.1. The molecule has 0 aliphatic heterocycles. The van der Waals surface area contributed by atoms with E-state index in [-0.39, 0.29) is 24.3 Å². The van der Waals surface area contributed by atoms with E-state index in [1.54, 1.807) is 24.3 Å². The quantitative estimate of drug-likeness (QED) is 0.759. The van der Waals surface area contributed by atoms with Gasteiger partial charge in [-0.3, -0.25) is 9.59 Å². The fourth-order valence-electron chi connectivity index (χ4n) is 1.62. The summed E-state index contributed by atoms with van der Waals surface area (Å²) in [4.78, 5) is 23.3. The molecule has 1 rings (SSSR count). The van der Waals surface area contributed by atoms with Crippen LogP contribution in [-0.2, 0) is 9.59 Å². The maximum Gasteiger partial charge on any atom is 0.233 e. The summed E-state index contributed by atoms with van der Waals surface area (Å²) in [6.45, 7) is 8.48. The SMILES string of the molecule is CC(C)CNC(=O)CC(=O)Nc1ccc(OC(C)C)cc1. The van der Waals surface area contributed by atoms with Crippen molar-refractivity contribution in [3.63, 3.8) is 0 Å². The molecule has 0 heterocycles. The van der Waals surface area contributed by atoms with Crippen LogP contribution in [0.3, 0.4) is 0 Å². The molecule has 0 aliphatic rings. The molecular formula is C16H24N2O3. The van der Waals surface area contributed by atoms with Gasteiger partial charge in [0, 0.05) is 12.2 Å². The van der Waals surface area contributed by atoms with Crippen LogP contribution in [0.2, 0.25) is 0 Å². The van der Waals surface area contributed by atoms with Gasteiger partial charge in [-0.05, 0) is 44.0 Å². The summed E-state index contributed by atoms with van der Waals surface area (Å²) in [6, 6.07) is 7.08. The molecule has 0 radical (unpaired) electrons. The number of ether oxygens (including phenoxy) is 1. The summed E-state index contributed by atoms with van der Waals surface area (Å²) >= 11 is 0. The molecule has 5 heteroatoms. The summed E-state index contributed by atoms with van der Waals surface area (Å²) in [7, 11) is 0. The van der Waals surface area contributed by atoms with Gasteiger partial charge in [-0.1, -0.05) is 13.8 Å². The van der Waals surface area contributed by atoms with E-state index in [0.717, 1.165) is 5.75 Å². The van der Waals surface area contributed by atoms with E-state index in [0.29, 0.717) is 18.2 Å². The predicted molar refractivity (Wildman–Crippen MR) is 83.3 cm³/mol. The molecule has 0 aromatic heterocycles. The van der Waals surface area contributed by atoms with Gasteiger partial charge >= 0.3 is 0 Å². The Kier molecular flexibility index (Phi) is 6.72. The third-order valence-electron chi connectivity index (χ3n) is 2.54. The molecule has 0 atom stereocenters. The molecular weight excluding hydrogens is 268 g/mol. The van der Waals surface area contributed by atoms with E-state index in [2.05, 4.69) is 10.6 Å². The number of anilines is 1. The summed E-state index contributed by atoms with van der Waals surface area (Å²) in [5.41, 5.74) is 0.646. The van der Waals surface area contributed by atoms with Gasteiger partial charge < -0.3 is 15.4 Å². The first kappa shape index (κ1) is 17.0. The second-order valence-electron chi connectivity index (χ2n) is 5.61. The zero-order valence-electron chi connectivity index (χ0n) is 13.1. The number of benzene rings is 1. The maximum atomic E-state index is 11.7. The zero-order chi connectivity index (χ0) is 15.8. The molecule has 1 aromatic rings. The molecule has 5 nitrogen and oxygen atoms in total. The Bertz CT molecular complexity index is 467. The molecule has 2 N–H and O–H groups in total. The standard InChI is InChI=1S/C16H24N2O3/c1-11(2)10-17-15(19)9-16(20)18-13-5-7-14(8-6-13)21-12(3)4/h5-8,11-12H,9-10H2,1-4H3,(H,17,19)(H,18,20). The van der Waals surface area contributed by atoms with Crippen molar-refractivity contribution >= 4 is 17.5 Å². The summed E-state index contributed by atoms with van der Waals surface area (Å²) in [6.07, 6.45) is -0.0631. The fraction of sp³-hybridized carbons (Fsp3) is 0.500. The van der Waals surface area contributed by atoms with Gasteiger partial charge in [0.05, 0.1) is 6.10 Å². The van der Waals surface area contributed by atoms with E-state index >= 15 is 0 Å². The number of rotatable bonds is 7. The van der Waals surface area contributed by atoms with E-state index in [1.807, 2.05) is 27.7 Å². The monoisotopic (exact) mass is 292 g/mol. The second-order valence-corrected chi connectivity index (χ2v) is 5.61. The molecule has 0 saturated carbocycles. The molecule has 21 heavy (non-hydrogen) atoms. The predicted octanol–water partition coefficient (Wildman–Crippen LogP) is 2.57. The Morgan fingerprint density at radius 2 is 1.67 bits per heavy atom. The van der Waals surface area contributed by atoms with Crippen molar-refractivity contribution < 1.29 is 14.3 Å². The van der Waals surface area contributed by atoms with Crippen molar-refractivity contribution in [2.24, 2.45) is 5.92 Å². The normalized spacial score (nSPS) is 10.6. The Morgan fingerprint density at radius 3 is 2.19 bits per heavy atom. The van der Waals surface area contributed by atoms with Crippen LogP contribution in [0, 0.1) is 5.92 Å². The van der Waals surface area contributed by atoms with Crippen LogP contribution < -0.4 is 15.4 Å². The average Bonchev–Trinajstić information content (AvgIpc) is 2.38. The molecule has 0 aliphatic carbocycles. The number of hydrogen-bond acceptors (Lipinski definition) is 3. The van der Waals surface area contributed by atoms with Gasteiger partial charge in [0.25, 0.3) is 0 Å².